The second kappa shape index (κ2) is 16.6. The minimum absolute atomic E-state index is 0.0275. The van der Waals surface area contributed by atoms with E-state index in [1.54, 1.807) is 13.8 Å². The van der Waals surface area contributed by atoms with Crippen molar-refractivity contribution in [3.8, 4) is 0 Å². The maximum atomic E-state index is 11.4. The first-order chi connectivity index (χ1) is 16.9. The number of ether oxygens (including phenoxy) is 4. The van der Waals surface area contributed by atoms with Gasteiger partial charge in [0.25, 0.3) is 0 Å². The topological polar surface area (TPSA) is 172 Å². The summed E-state index contributed by atoms with van der Waals surface area (Å²) in [6.45, 7) is 8.04. The van der Waals surface area contributed by atoms with Crippen molar-refractivity contribution in [1.29, 1.82) is 0 Å². The van der Waals surface area contributed by atoms with E-state index in [2.05, 4.69) is 6.92 Å². The van der Waals surface area contributed by atoms with E-state index in [0.29, 0.717) is 12.7 Å². The van der Waals surface area contributed by atoms with E-state index in [1.165, 1.54) is 6.92 Å². The van der Waals surface area contributed by atoms with Gasteiger partial charge >= 0.3 is 5.97 Å². The number of carbonyl (C=O) groups is 2. The molecule has 212 valence electrons. The number of carbonyl (C=O) groups excluding carboxylic acids is 2. The molecule has 1 rings (SSSR count). The number of esters is 1. The number of aldehydes is 1. The lowest BCUT2D eigenvalue weighted by atomic mass is 9.96. The summed E-state index contributed by atoms with van der Waals surface area (Å²) in [7, 11) is 0. The molecule has 0 radical (unpaired) electrons. The minimum atomic E-state index is -1.81. The number of hydrogen-bond donors (Lipinski definition) is 5. The van der Waals surface area contributed by atoms with Gasteiger partial charge in [0.2, 0.25) is 0 Å². The lowest BCUT2D eigenvalue weighted by Crippen LogP contribution is -2.61. The molecular formula is C25H46O11. The maximum absolute atomic E-state index is 11.4. The average molecular weight is 523 g/mol. The van der Waals surface area contributed by atoms with Crippen LogP contribution in [0.5, 0.6) is 0 Å². The molecule has 10 atom stereocenters. The molecule has 1 heterocycles. The largest absolute Gasteiger partial charge is 0.457 e. The summed E-state index contributed by atoms with van der Waals surface area (Å²) in [5.41, 5.74) is 0. The van der Waals surface area contributed by atoms with Gasteiger partial charge in [0.05, 0.1) is 18.3 Å². The van der Waals surface area contributed by atoms with Crippen LogP contribution in [-0.4, -0.2) is 99.2 Å². The van der Waals surface area contributed by atoms with Crippen molar-refractivity contribution in [3.63, 3.8) is 0 Å². The Morgan fingerprint density at radius 3 is 2.22 bits per heavy atom. The van der Waals surface area contributed by atoms with E-state index in [9.17, 15) is 35.1 Å². The van der Waals surface area contributed by atoms with E-state index in [0.717, 1.165) is 39.0 Å². The fourth-order valence-corrected chi connectivity index (χ4v) is 4.10. The summed E-state index contributed by atoms with van der Waals surface area (Å²) in [6.07, 6.45) is -7.57. The van der Waals surface area contributed by atoms with Crippen molar-refractivity contribution in [1.82, 2.24) is 0 Å². The highest BCUT2D eigenvalue weighted by molar-refractivity contribution is 5.66. The minimum Gasteiger partial charge on any atom is -0.457 e. The zero-order valence-electron chi connectivity index (χ0n) is 22.1. The fourth-order valence-electron chi connectivity index (χ4n) is 4.10. The smallest absolute Gasteiger partial charge is 0.303 e. The molecule has 11 nitrogen and oxygen atoms in total. The zero-order chi connectivity index (χ0) is 27.4. The second-order valence-corrected chi connectivity index (χ2v) is 9.84. The van der Waals surface area contributed by atoms with Gasteiger partial charge in [-0.15, -0.1) is 0 Å². The van der Waals surface area contributed by atoms with Gasteiger partial charge in [-0.2, -0.15) is 0 Å². The van der Waals surface area contributed by atoms with Gasteiger partial charge < -0.3 is 49.3 Å². The van der Waals surface area contributed by atoms with Crippen molar-refractivity contribution >= 4 is 12.3 Å². The van der Waals surface area contributed by atoms with Crippen LogP contribution in [0.3, 0.4) is 0 Å². The highest BCUT2D eigenvalue weighted by atomic mass is 16.7. The fraction of sp³-hybridized carbons (Fsp3) is 0.920. The predicted octanol–water partition coefficient (Wildman–Crippen LogP) is 0.801. The van der Waals surface area contributed by atoms with Gasteiger partial charge in [0.1, 0.15) is 30.7 Å². The summed E-state index contributed by atoms with van der Waals surface area (Å²) in [5, 5.41) is 53.2. The van der Waals surface area contributed by atoms with Gasteiger partial charge in [-0.3, -0.25) is 4.79 Å². The third-order valence-electron chi connectivity index (χ3n) is 6.34. The van der Waals surface area contributed by atoms with Crippen LogP contribution in [0.2, 0.25) is 0 Å². The SMILES string of the molecule is CCCCCCCC(CC=O)OC(O)C(O)C(OC1OC(C)C(O)C(OC(C)=O)C1O)C(O)C(C)C. The molecular weight excluding hydrogens is 476 g/mol. The lowest BCUT2D eigenvalue weighted by molar-refractivity contribution is -0.330. The second-order valence-electron chi connectivity index (χ2n) is 9.84. The Labute approximate surface area is 213 Å². The monoisotopic (exact) mass is 522 g/mol. The molecule has 0 aromatic carbocycles. The van der Waals surface area contributed by atoms with Crippen LogP contribution in [0.4, 0.5) is 0 Å². The first-order valence-corrected chi connectivity index (χ1v) is 12.9. The number of unbranched alkanes of at least 4 members (excludes halogenated alkanes) is 4. The van der Waals surface area contributed by atoms with E-state index in [4.69, 9.17) is 18.9 Å². The third-order valence-corrected chi connectivity index (χ3v) is 6.34. The molecule has 0 spiro atoms. The Kier molecular flexibility index (Phi) is 15.2. The number of aliphatic hydroxyl groups excluding tert-OH is 5. The predicted molar refractivity (Wildman–Crippen MR) is 129 cm³/mol. The first-order valence-electron chi connectivity index (χ1n) is 12.9. The van der Waals surface area contributed by atoms with Crippen LogP contribution in [0.25, 0.3) is 0 Å². The summed E-state index contributed by atoms with van der Waals surface area (Å²) in [4.78, 5) is 22.5. The Morgan fingerprint density at radius 1 is 1.03 bits per heavy atom. The Bertz CT molecular complexity index is 631. The van der Waals surface area contributed by atoms with Crippen LogP contribution in [0.1, 0.15) is 79.6 Å². The molecule has 0 amide bonds. The number of rotatable bonds is 17. The molecule has 36 heavy (non-hydrogen) atoms. The van der Waals surface area contributed by atoms with Crippen molar-refractivity contribution in [2.45, 2.75) is 141 Å². The quantitative estimate of drug-likeness (QED) is 0.0791. The standard InChI is InChI=1S/C25H46O11/c1-6-7-8-9-10-11-17(12-13-26)35-24(32)20(30)22(18(28)14(2)3)36-25-21(31)23(34-16(5)27)19(29)15(4)33-25/h13-15,17-25,28-32H,6-12H2,1-5H3. The van der Waals surface area contributed by atoms with Crippen LogP contribution in [0.15, 0.2) is 0 Å². The van der Waals surface area contributed by atoms with Crippen LogP contribution in [0, 0.1) is 5.92 Å². The summed E-state index contributed by atoms with van der Waals surface area (Å²) < 4.78 is 21.8. The highest BCUT2D eigenvalue weighted by Gasteiger charge is 2.48. The van der Waals surface area contributed by atoms with E-state index >= 15 is 0 Å². The Balaban J connectivity index is 2.96. The molecule has 1 aliphatic heterocycles. The number of hydrogen-bond acceptors (Lipinski definition) is 11. The molecule has 0 aliphatic carbocycles. The summed E-state index contributed by atoms with van der Waals surface area (Å²) in [6, 6.07) is 0. The normalized spacial score (nSPS) is 28.8. The molecule has 1 fully saturated rings. The van der Waals surface area contributed by atoms with E-state index in [-0.39, 0.29) is 6.42 Å². The molecule has 0 aromatic rings. The molecule has 0 saturated carbocycles. The van der Waals surface area contributed by atoms with Gasteiger partial charge in [0, 0.05) is 13.3 Å². The third kappa shape index (κ3) is 10.3. The molecule has 1 aliphatic rings. The van der Waals surface area contributed by atoms with Crippen molar-refractivity contribution in [3.05, 3.63) is 0 Å². The summed E-state index contributed by atoms with van der Waals surface area (Å²) >= 11 is 0. The van der Waals surface area contributed by atoms with Crippen LogP contribution >= 0.6 is 0 Å². The lowest BCUT2D eigenvalue weighted by Gasteiger charge is -2.43. The van der Waals surface area contributed by atoms with Crippen LogP contribution < -0.4 is 0 Å². The van der Waals surface area contributed by atoms with Gasteiger partial charge in [0.15, 0.2) is 18.7 Å². The van der Waals surface area contributed by atoms with Crippen LogP contribution in [-0.2, 0) is 28.5 Å². The summed E-state index contributed by atoms with van der Waals surface area (Å²) in [5.74, 6) is -1.17. The van der Waals surface area contributed by atoms with Crippen molar-refractivity contribution in [2.24, 2.45) is 5.92 Å². The van der Waals surface area contributed by atoms with E-state index in [1.807, 2.05) is 0 Å². The van der Waals surface area contributed by atoms with Gasteiger partial charge in [-0.05, 0) is 19.3 Å². The molecule has 11 heteroatoms. The maximum Gasteiger partial charge on any atom is 0.303 e. The average Bonchev–Trinajstić information content (AvgIpc) is 2.82. The first kappa shape index (κ1) is 32.8. The molecule has 1 saturated heterocycles. The highest BCUT2D eigenvalue weighted by Crippen LogP contribution is 2.28. The zero-order valence-corrected chi connectivity index (χ0v) is 22.1. The molecule has 0 aromatic heterocycles. The van der Waals surface area contributed by atoms with Crippen molar-refractivity contribution < 1.29 is 54.1 Å². The van der Waals surface area contributed by atoms with Crippen molar-refractivity contribution in [2.75, 3.05) is 0 Å². The van der Waals surface area contributed by atoms with E-state index < -0.39 is 73.3 Å². The van der Waals surface area contributed by atoms with Gasteiger partial charge in [-0.1, -0.05) is 52.9 Å². The molecule has 5 N–H and O–H groups in total. The molecule has 0 bridgehead atoms. The van der Waals surface area contributed by atoms with Gasteiger partial charge in [-0.25, -0.2) is 0 Å². The molecule has 10 unspecified atom stereocenters. The Hall–Kier alpha value is -1.18. The Morgan fingerprint density at radius 2 is 1.67 bits per heavy atom. The number of aliphatic hydroxyl groups is 5.